The number of rotatable bonds is 1. The first-order chi connectivity index (χ1) is 6.70. The van der Waals surface area contributed by atoms with Crippen LogP contribution >= 0.6 is 0 Å². The molecule has 68 valence electrons. The molecule has 0 atom stereocenters. The van der Waals surface area contributed by atoms with Crippen molar-refractivity contribution >= 4 is 22.5 Å². The highest BCUT2D eigenvalue weighted by Crippen LogP contribution is 2.28. The molecular formula is C9H4N2O3. The maximum atomic E-state index is 10.4. The van der Waals surface area contributed by atoms with Gasteiger partial charge in [0.25, 0.3) is 5.69 Å². The van der Waals surface area contributed by atoms with Crippen molar-refractivity contribution < 1.29 is 9.34 Å². The number of nitro benzene ring substituents is 1. The molecule has 0 saturated heterocycles. The molecule has 0 spiro atoms. The van der Waals surface area contributed by atoms with Crippen LogP contribution in [0.3, 0.4) is 0 Å². The van der Waals surface area contributed by atoms with Crippen LogP contribution in [0.15, 0.2) is 28.7 Å². The van der Waals surface area contributed by atoms with Crippen LogP contribution in [0.5, 0.6) is 0 Å². The second kappa shape index (κ2) is 2.85. The molecule has 0 bridgehead atoms. The lowest BCUT2D eigenvalue weighted by molar-refractivity contribution is -0.384. The first kappa shape index (κ1) is 8.26. The van der Waals surface area contributed by atoms with Crippen molar-refractivity contribution in [1.29, 1.82) is 0 Å². The summed E-state index contributed by atoms with van der Waals surface area (Å²) in [5.74, 6) is 0.139. The molecule has 0 saturated carbocycles. The highest BCUT2D eigenvalue weighted by Gasteiger charge is 2.09. The standard InChI is InChI=1S/C9H4N2O3/c1-10-9-5-6-4-7(11(12)13)2-3-8(6)14-9/h2-5H. The third-order valence-corrected chi connectivity index (χ3v) is 1.81. The van der Waals surface area contributed by atoms with Crippen LogP contribution in [-0.2, 0) is 0 Å². The van der Waals surface area contributed by atoms with Crippen LogP contribution < -0.4 is 0 Å². The summed E-state index contributed by atoms with van der Waals surface area (Å²) in [4.78, 5) is 13.0. The lowest BCUT2D eigenvalue weighted by Gasteiger charge is -1.89. The number of furan rings is 1. The van der Waals surface area contributed by atoms with Crippen LogP contribution in [-0.4, -0.2) is 4.92 Å². The number of nitro groups is 1. The summed E-state index contributed by atoms with van der Waals surface area (Å²) < 4.78 is 5.08. The minimum Gasteiger partial charge on any atom is -0.480 e. The summed E-state index contributed by atoms with van der Waals surface area (Å²) >= 11 is 0. The van der Waals surface area contributed by atoms with Crippen LogP contribution in [0, 0.1) is 16.7 Å². The summed E-state index contributed by atoms with van der Waals surface area (Å²) in [7, 11) is 0. The van der Waals surface area contributed by atoms with Gasteiger partial charge in [-0.15, -0.1) is 0 Å². The number of hydrogen-bond donors (Lipinski definition) is 0. The lowest BCUT2D eigenvalue weighted by Crippen LogP contribution is -1.85. The Hall–Kier alpha value is -2.35. The molecule has 5 heteroatoms. The average molecular weight is 188 g/mol. The van der Waals surface area contributed by atoms with Crippen molar-refractivity contribution in [3.8, 4) is 0 Å². The van der Waals surface area contributed by atoms with Crippen molar-refractivity contribution in [3.63, 3.8) is 0 Å². The molecule has 1 aromatic heterocycles. The van der Waals surface area contributed by atoms with Gasteiger partial charge in [0.15, 0.2) is 0 Å². The maximum absolute atomic E-state index is 10.4. The molecule has 0 aliphatic carbocycles. The van der Waals surface area contributed by atoms with E-state index >= 15 is 0 Å². The van der Waals surface area contributed by atoms with Gasteiger partial charge in [0.05, 0.1) is 11.5 Å². The molecule has 0 amide bonds. The summed E-state index contributed by atoms with van der Waals surface area (Å²) in [5, 5.41) is 11.0. The third kappa shape index (κ3) is 1.19. The predicted octanol–water partition coefficient (Wildman–Crippen LogP) is 2.89. The molecule has 0 unspecified atom stereocenters. The quantitative estimate of drug-likeness (QED) is 0.392. The minimum atomic E-state index is -0.482. The van der Waals surface area contributed by atoms with Gasteiger partial charge in [-0.3, -0.25) is 10.1 Å². The molecule has 0 radical (unpaired) electrons. The Morgan fingerprint density at radius 3 is 2.86 bits per heavy atom. The molecule has 0 N–H and O–H groups in total. The molecule has 1 aromatic carbocycles. The Labute approximate surface area is 78.5 Å². The third-order valence-electron chi connectivity index (χ3n) is 1.81. The van der Waals surface area contributed by atoms with Gasteiger partial charge in [-0.2, -0.15) is 4.85 Å². The molecule has 5 nitrogen and oxygen atoms in total. The van der Waals surface area contributed by atoms with E-state index in [-0.39, 0.29) is 11.6 Å². The van der Waals surface area contributed by atoms with E-state index in [0.29, 0.717) is 11.0 Å². The van der Waals surface area contributed by atoms with Gasteiger partial charge in [-0.25, -0.2) is 0 Å². The van der Waals surface area contributed by atoms with Crippen LogP contribution in [0.1, 0.15) is 0 Å². The zero-order valence-corrected chi connectivity index (χ0v) is 6.93. The zero-order chi connectivity index (χ0) is 10.1. The van der Waals surface area contributed by atoms with E-state index in [2.05, 4.69) is 4.85 Å². The average Bonchev–Trinajstić information content (AvgIpc) is 2.58. The second-order valence-electron chi connectivity index (χ2n) is 2.68. The Morgan fingerprint density at radius 1 is 1.43 bits per heavy atom. The molecule has 0 aliphatic heterocycles. The number of nitrogens with zero attached hydrogens (tertiary/aromatic N) is 2. The maximum Gasteiger partial charge on any atom is 0.346 e. The Morgan fingerprint density at radius 2 is 2.21 bits per heavy atom. The SMILES string of the molecule is [C-]#[N+]c1cc2cc([N+](=O)[O-])ccc2o1. The summed E-state index contributed by atoms with van der Waals surface area (Å²) in [6, 6.07) is 5.70. The van der Waals surface area contributed by atoms with Gasteiger partial charge < -0.3 is 4.42 Å². The minimum absolute atomic E-state index is 0.00479. The normalized spacial score (nSPS) is 9.93. The van der Waals surface area contributed by atoms with E-state index in [1.807, 2.05) is 0 Å². The zero-order valence-electron chi connectivity index (χ0n) is 6.93. The summed E-state index contributed by atoms with van der Waals surface area (Å²) in [6.07, 6.45) is 0. The van der Waals surface area contributed by atoms with Crippen molar-refractivity contribution in [2.75, 3.05) is 0 Å². The van der Waals surface area contributed by atoms with Crippen LogP contribution in [0.4, 0.5) is 11.6 Å². The fourth-order valence-corrected chi connectivity index (χ4v) is 1.19. The molecule has 1 heterocycles. The number of non-ortho nitro benzene ring substituents is 1. The monoisotopic (exact) mass is 188 g/mol. The van der Waals surface area contributed by atoms with Gasteiger partial charge in [-0.1, -0.05) is 0 Å². The van der Waals surface area contributed by atoms with Crippen LogP contribution in [0.2, 0.25) is 0 Å². The van der Waals surface area contributed by atoms with E-state index in [9.17, 15) is 10.1 Å². The first-order valence-electron chi connectivity index (χ1n) is 3.76. The van der Waals surface area contributed by atoms with E-state index in [4.69, 9.17) is 11.0 Å². The number of benzene rings is 1. The van der Waals surface area contributed by atoms with E-state index in [1.54, 1.807) is 0 Å². The Kier molecular flexibility index (Phi) is 1.68. The first-order valence-corrected chi connectivity index (χ1v) is 3.76. The van der Waals surface area contributed by atoms with Crippen molar-refractivity contribution in [3.05, 3.63) is 45.8 Å². The van der Waals surface area contributed by atoms with Crippen LogP contribution in [0.25, 0.3) is 15.8 Å². The fraction of sp³-hybridized carbons (Fsp3) is 0. The van der Waals surface area contributed by atoms with Crippen molar-refractivity contribution in [2.45, 2.75) is 0 Å². The molecule has 2 rings (SSSR count). The van der Waals surface area contributed by atoms with E-state index < -0.39 is 4.92 Å². The summed E-state index contributed by atoms with van der Waals surface area (Å²) in [5.41, 5.74) is 0.483. The van der Waals surface area contributed by atoms with E-state index in [1.165, 1.54) is 24.3 Å². The largest absolute Gasteiger partial charge is 0.480 e. The lowest BCUT2D eigenvalue weighted by atomic mass is 10.2. The number of hydrogen-bond acceptors (Lipinski definition) is 3. The smallest absolute Gasteiger partial charge is 0.346 e. The molecule has 2 aromatic rings. The molecule has 14 heavy (non-hydrogen) atoms. The Balaban J connectivity index is 2.66. The second-order valence-corrected chi connectivity index (χ2v) is 2.68. The van der Waals surface area contributed by atoms with Gasteiger partial charge in [0, 0.05) is 17.5 Å². The molecular weight excluding hydrogens is 184 g/mol. The van der Waals surface area contributed by atoms with Gasteiger partial charge in [0.2, 0.25) is 0 Å². The topological polar surface area (TPSA) is 60.6 Å². The van der Waals surface area contributed by atoms with Gasteiger partial charge in [0.1, 0.15) is 5.58 Å². The van der Waals surface area contributed by atoms with Crippen molar-refractivity contribution in [2.24, 2.45) is 0 Å². The molecule has 0 aliphatic rings. The van der Waals surface area contributed by atoms with Gasteiger partial charge >= 0.3 is 5.88 Å². The highest BCUT2D eigenvalue weighted by molar-refractivity contribution is 5.83. The van der Waals surface area contributed by atoms with E-state index in [0.717, 1.165) is 0 Å². The Bertz CT molecular complexity index is 551. The highest BCUT2D eigenvalue weighted by atomic mass is 16.6. The van der Waals surface area contributed by atoms with Gasteiger partial charge in [-0.05, 0) is 12.1 Å². The molecule has 0 fully saturated rings. The number of fused-ring (bicyclic) bond motifs is 1. The predicted molar refractivity (Wildman–Crippen MR) is 49.1 cm³/mol. The summed E-state index contributed by atoms with van der Waals surface area (Å²) in [6.45, 7) is 6.71. The van der Waals surface area contributed by atoms with Crippen molar-refractivity contribution in [1.82, 2.24) is 0 Å². The fourth-order valence-electron chi connectivity index (χ4n) is 1.19.